The van der Waals surface area contributed by atoms with Gasteiger partial charge in [-0.15, -0.1) is 0 Å². The fraction of sp³-hybridized carbons (Fsp3) is 0.267. The Morgan fingerprint density at radius 2 is 2.10 bits per heavy atom. The molecular weight excluding hydrogens is 254 g/mol. The summed E-state index contributed by atoms with van der Waals surface area (Å²) < 4.78 is 7.01. The van der Waals surface area contributed by atoms with Gasteiger partial charge in [0.2, 0.25) is 0 Å². The molecule has 0 saturated carbocycles. The minimum absolute atomic E-state index is 0.158. The molecule has 5 heteroatoms. The number of nitrogen functional groups attached to an aromatic ring is 1. The molecule has 0 radical (unpaired) electrons. The van der Waals surface area contributed by atoms with Crippen molar-refractivity contribution in [3.8, 4) is 5.75 Å². The molecule has 20 heavy (non-hydrogen) atoms. The summed E-state index contributed by atoms with van der Waals surface area (Å²) in [5.41, 5.74) is 7.72. The molecule has 1 aromatic carbocycles. The molecular formula is C15H19N3O2. The Labute approximate surface area is 118 Å². The van der Waals surface area contributed by atoms with Gasteiger partial charge in [-0.1, -0.05) is 18.2 Å². The van der Waals surface area contributed by atoms with Crippen LogP contribution in [0.15, 0.2) is 36.5 Å². The first kappa shape index (κ1) is 14.0. The van der Waals surface area contributed by atoms with Gasteiger partial charge in [-0.05, 0) is 19.1 Å². The minimum Gasteiger partial charge on any atom is -0.496 e. The highest BCUT2D eigenvalue weighted by Gasteiger charge is 2.16. The highest BCUT2D eigenvalue weighted by Crippen LogP contribution is 2.24. The summed E-state index contributed by atoms with van der Waals surface area (Å²) in [5.74, 6) is 0.592. The number of aryl methyl sites for hydroxylation is 1. The molecule has 1 heterocycles. The number of amides is 1. The van der Waals surface area contributed by atoms with Crippen LogP contribution in [0, 0.1) is 0 Å². The van der Waals surface area contributed by atoms with Crippen LogP contribution in [0.25, 0.3) is 0 Å². The zero-order valence-electron chi connectivity index (χ0n) is 11.9. The molecule has 0 aliphatic heterocycles. The number of carbonyl (C=O) groups is 1. The number of benzene rings is 1. The van der Waals surface area contributed by atoms with Crippen LogP contribution in [0.4, 0.5) is 5.69 Å². The third-order valence-corrected chi connectivity index (χ3v) is 3.21. The van der Waals surface area contributed by atoms with Crippen molar-refractivity contribution in [2.24, 2.45) is 7.05 Å². The molecule has 1 amide bonds. The predicted octanol–water partition coefficient (Wildman–Crippen LogP) is 2.11. The van der Waals surface area contributed by atoms with Gasteiger partial charge in [0, 0.05) is 18.8 Å². The average molecular weight is 273 g/mol. The lowest BCUT2D eigenvalue weighted by Gasteiger charge is -2.17. The van der Waals surface area contributed by atoms with Gasteiger partial charge in [0.15, 0.2) is 0 Å². The fourth-order valence-electron chi connectivity index (χ4n) is 2.19. The maximum atomic E-state index is 12.2. The first-order valence-corrected chi connectivity index (χ1v) is 6.38. The van der Waals surface area contributed by atoms with Gasteiger partial charge in [-0.25, -0.2) is 0 Å². The van der Waals surface area contributed by atoms with E-state index in [4.69, 9.17) is 10.5 Å². The lowest BCUT2D eigenvalue weighted by molar-refractivity contribution is 0.0931. The molecule has 3 N–H and O–H groups in total. The number of hydrogen-bond acceptors (Lipinski definition) is 3. The van der Waals surface area contributed by atoms with Crippen LogP contribution < -0.4 is 15.8 Å². The highest BCUT2D eigenvalue weighted by molar-refractivity contribution is 5.94. The van der Waals surface area contributed by atoms with Crippen molar-refractivity contribution in [2.75, 3.05) is 12.8 Å². The molecule has 0 aliphatic carbocycles. The number of carbonyl (C=O) groups excluding carboxylic acids is 1. The van der Waals surface area contributed by atoms with Crippen LogP contribution in [0.3, 0.4) is 0 Å². The van der Waals surface area contributed by atoms with Crippen molar-refractivity contribution in [1.82, 2.24) is 9.88 Å². The Hall–Kier alpha value is -2.43. The molecule has 0 aliphatic rings. The van der Waals surface area contributed by atoms with Crippen molar-refractivity contribution in [3.63, 3.8) is 0 Å². The molecule has 106 valence electrons. The molecule has 1 atom stereocenters. The summed E-state index contributed by atoms with van der Waals surface area (Å²) in [6, 6.07) is 9.12. The second-order valence-corrected chi connectivity index (χ2v) is 4.71. The van der Waals surface area contributed by atoms with Crippen molar-refractivity contribution in [3.05, 3.63) is 47.8 Å². The summed E-state index contributed by atoms with van der Waals surface area (Å²) in [4.78, 5) is 12.2. The van der Waals surface area contributed by atoms with Crippen molar-refractivity contribution in [1.29, 1.82) is 0 Å². The Balaban J connectivity index is 2.17. The van der Waals surface area contributed by atoms with Crippen LogP contribution in [0.5, 0.6) is 5.75 Å². The largest absolute Gasteiger partial charge is 0.496 e. The zero-order valence-corrected chi connectivity index (χ0v) is 11.9. The van der Waals surface area contributed by atoms with Gasteiger partial charge in [-0.2, -0.15) is 0 Å². The van der Waals surface area contributed by atoms with Crippen LogP contribution >= 0.6 is 0 Å². The van der Waals surface area contributed by atoms with Gasteiger partial charge in [0.25, 0.3) is 5.91 Å². The number of nitrogens with one attached hydrogen (secondary N) is 1. The van der Waals surface area contributed by atoms with Gasteiger partial charge in [-0.3, -0.25) is 4.79 Å². The van der Waals surface area contributed by atoms with E-state index >= 15 is 0 Å². The van der Waals surface area contributed by atoms with E-state index in [0.717, 1.165) is 11.3 Å². The third-order valence-electron chi connectivity index (χ3n) is 3.21. The van der Waals surface area contributed by atoms with Crippen LogP contribution in [0.2, 0.25) is 0 Å². The van der Waals surface area contributed by atoms with E-state index in [1.54, 1.807) is 31.0 Å². The highest BCUT2D eigenvalue weighted by atomic mass is 16.5. The number of ether oxygens (including phenoxy) is 1. The van der Waals surface area contributed by atoms with Crippen molar-refractivity contribution < 1.29 is 9.53 Å². The second kappa shape index (κ2) is 5.69. The first-order chi connectivity index (χ1) is 9.52. The maximum absolute atomic E-state index is 12.2. The molecule has 0 fully saturated rings. The number of rotatable bonds is 4. The molecule has 0 saturated heterocycles. The molecule has 0 bridgehead atoms. The van der Waals surface area contributed by atoms with Gasteiger partial charge in [0.05, 0.1) is 18.8 Å². The first-order valence-electron chi connectivity index (χ1n) is 6.38. The van der Waals surface area contributed by atoms with Crippen molar-refractivity contribution >= 4 is 11.6 Å². The average Bonchev–Trinajstić information content (AvgIpc) is 2.77. The van der Waals surface area contributed by atoms with E-state index in [-0.39, 0.29) is 11.9 Å². The van der Waals surface area contributed by atoms with Crippen LogP contribution in [0.1, 0.15) is 29.0 Å². The molecule has 2 rings (SSSR count). The standard InChI is InChI=1S/C15H19N3O2/c1-10(12-6-4-5-7-14(12)20-3)17-15(19)13-8-11(16)9-18(13)2/h4-10H,16H2,1-3H3,(H,17,19). The van der Waals surface area contributed by atoms with E-state index in [1.807, 2.05) is 31.2 Å². The number of anilines is 1. The summed E-state index contributed by atoms with van der Waals surface area (Å²) in [7, 11) is 3.41. The number of nitrogens with zero attached hydrogens (tertiary/aromatic N) is 1. The third kappa shape index (κ3) is 2.77. The molecule has 1 aromatic heterocycles. The van der Waals surface area contributed by atoms with E-state index in [1.165, 1.54) is 0 Å². The maximum Gasteiger partial charge on any atom is 0.268 e. The van der Waals surface area contributed by atoms with Gasteiger partial charge < -0.3 is 20.4 Å². The smallest absolute Gasteiger partial charge is 0.268 e. The number of nitrogens with two attached hydrogens (primary N) is 1. The number of aromatic nitrogens is 1. The Morgan fingerprint density at radius 1 is 1.40 bits per heavy atom. The second-order valence-electron chi connectivity index (χ2n) is 4.71. The lowest BCUT2D eigenvalue weighted by Crippen LogP contribution is -2.28. The Kier molecular flexibility index (Phi) is 3.98. The molecule has 1 unspecified atom stereocenters. The van der Waals surface area contributed by atoms with E-state index in [2.05, 4.69) is 5.32 Å². The summed E-state index contributed by atoms with van der Waals surface area (Å²) in [6.45, 7) is 1.92. The molecule has 0 spiro atoms. The minimum atomic E-state index is -0.164. The van der Waals surface area contributed by atoms with Crippen molar-refractivity contribution in [2.45, 2.75) is 13.0 Å². The van der Waals surface area contributed by atoms with E-state index in [0.29, 0.717) is 11.4 Å². The topological polar surface area (TPSA) is 69.3 Å². The lowest BCUT2D eigenvalue weighted by atomic mass is 10.1. The van der Waals surface area contributed by atoms with Crippen LogP contribution in [-0.2, 0) is 7.05 Å². The number of para-hydroxylation sites is 1. The summed E-state index contributed by atoms with van der Waals surface area (Å²) in [5, 5.41) is 2.95. The molecule has 2 aromatic rings. The zero-order chi connectivity index (χ0) is 14.7. The van der Waals surface area contributed by atoms with E-state index in [9.17, 15) is 4.79 Å². The number of methoxy groups -OCH3 is 1. The predicted molar refractivity (Wildman–Crippen MR) is 78.7 cm³/mol. The molecule has 5 nitrogen and oxygen atoms in total. The quantitative estimate of drug-likeness (QED) is 0.896. The Morgan fingerprint density at radius 3 is 2.70 bits per heavy atom. The normalized spacial score (nSPS) is 11.9. The number of hydrogen-bond donors (Lipinski definition) is 2. The summed E-state index contributed by atoms with van der Waals surface area (Å²) >= 11 is 0. The monoisotopic (exact) mass is 273 g/mol. The van der Waals surface area contributed by atoms with E-state index < -0.39 is 0 Å². The Bertz CT molecular complexity index is 619. The van der Waals surface area contributed by atoms with Gasteiger partial charge in [0.1, 0.15) is 11.4 Å². The van der Waals surface area contributed by atoms with Crippen LogP contribution in [-0.4, -0.2) is 17.6 Å². The SMILES string of the molecule is COc1ccccc1C(C)NC(=O)c1cc(N)cn1C. The van der Waals surface area contributed by atoms with Gasteiger partial charge >= 0.3 is 0 Å². The fourth-order valence-corrected chi connectivity index (χ4v) is 2.19. The summed E-state index contributed by atoms with van der Waals surface area (Å²) in [6.07, 6.45) is 1.71.